The maximum atomic E-state index is 4.86. The van der Waals surface area contributed by atoms with Gasteiger partial charge in [-0.25, -0.2) is 19.9 Å². The number of hydrogen-bond acceptors (Lipinski definition) is 25. The van der Waals surface area contributed by atoms with E-state index in [0.29, 0.717) is 35.2 Å². The molecule has 0 amide bonds. The summed E-state index contributed by atoms with van der Waals surface area (Å²) in [6, 6.07) is 0. The summed E-state index contributed by atoms with van der Waals surface area (Å²) in [5.41, 5.74) is 4.27. The molecule has 0 unspecified atom stereocenters. The van der Waals surface area contributed by atoms with Gasteiger partial charge in [-0.05, 0) is 134 Å². The summed E-state index contributed by atoms with van der Waals surface area (Å²) in [5, 5.41) is 47.3. The Kier molecular flexibility index (Phi) is 28.8. The Bertz CT molecular complexity index is 2570. The number of rotatable bonds is 0. The van der Waals surface area contributed by atoms with Crippen molar-refractivity contribution in [1.82, 2.24) is 123 Å². The fraction of sp³-hybridized carbons (Fsp3) is 0.556. The maximum absolute atomic E-state index is 4.86. The van der Waals surface area contributed by atoms with Crippen LogP contribution in [-0.4, -0.2) is 123 Å². The van der Waals surface area contributed by atoms with Crippen LogP contribution in [0.25, 0.3) is 0 Å². The topological polar surface area (TPSA) is 322 Å². The first-order valence-electron chi connectivity index (χ1n) is 23.0. The zero-order valence-electron chi connectivity index (χ0n) is 48.2. The molecule has 10 aromatic heterocycles. The van der Waals surface area contributed by atoms with E-state index in [-0.39, 0.29) is 0 Å². The Morgan fingerprint density at radius 1 is 0.333 bits per heavy atom. The maximum Gasteiger partial charge on any atom is 0.223 e. The van der Waals surface area contributed by atoms with Crippen molar-refractivity contribution >= 4 is 23.1 Å². The summed E-state index contributed by atoms with van der Waals surface area (Å²) >= 11 is 2.89. The molecule has 0 N–H and O–H groups in total. The van der Waals surface area contributed by atoms with Crippen LogP contribution in [0, 0.1) is 138 Å². The zero-order chi connectivity index (χ0) is 57.1. The molecule has 0 fully saturated rings. The normalized spacial score (nSPS) is 9.67. The van der Waals surface area contributed by atoms with Gasteiger partial charge in [-0.1, -0.05) is 20.7 Å². The van der Waals surface area contributed by atoms with Gasteiger partial charge in [0, 0.05) is 62.9 Å². The monoisotopic (exact) mass is 1080 g/mol. The molecule has 30 heteroatoms. The van der Waals surface area contributed by atoms with Gasteiger partial charge in [0.2, 0.25) is 23.6 Å². The first kappa shape index (κ1) is 65.3. The van der Waals surface area contributed by atoms with E-state index in [1.165, 1.54) is 23.1 Å². The van der Waals surface area contributed by atoms with Crippen LogP contribution < -0.4 is 0 Å². The fourth-order valence-corrected chi connectivity index (χ4v) is 5.72. The summed E-state index contributed by atoms with van der Waals surface area (Å²) in [4.78, 5) is 23.8. The molecule has 0 aliphatic rings. The zero-order valence-corrected chi connectivity index (χ0v) is 49.9. The molecule has 0 aromatic carbocycles. The summed E-state index contributed by atoms with van der Waals surface area (Å²) in [6.45, 7) is 37.7. The highest BCUT2D eigenvalue weighted by atomic mass is 32.1. The number of hydrogen-bond donors (Lipinski definition) is 0. The van der Waals surface area contributed by atoms with Gasteiger partial charge in [0.15, 0.2) is 11.6 Å². The molecule has 410 valence electrons. The molecule has 0 bridgehead atoms. The first-order valence-corrected chi connectivity index (χ1v) is 24.5. The van der Waals surface area contributed by atoms with E-state index in [4.69, 9.17) is 4.42 Å². The number of aryl methyl sites for hydroxylation is 22. The van der Waals surface area contributed by atoms with Crippen molar-refractivity contribution in [2.45, 2.75) is 138 Å². The van der Waals surface area contributed by atoms with Crippen LogP contribution in [0.3, 0.4) is 0 Å². The standard InChI is InChI=1S/5C5H9N3.3C4H6N2O.2C4H6N2S/c1-4-6-7-5(2)8(4)3;2*1-4-6-5(2)8(3)7-4;2*1-4-5(2)8(3)7-6-4;1-3-5-6-4(2)7-3;4*1-3-5-4(2)7-6-3/h5*1-3H3;5*1-2H3. The highest BCUT2D eigenvalue weighted by molar-refractivity contribution is 7.05. The summed E-state index contributed by atoms with van der Waals surface area (Å²) in [5.74, 6) is 11.1. The van der Waals surface area contributed by atoms with E-state index >= 15 is 0 Å². The molecule has 0 spiro atoms. The quantitative estimate of drug-likeness (QED) is 0.156. The molecule has 10 aromatic rings. The van der Waals surface area contributed by atoms with Gasteiger partial charge in [-0.3, -0.25) is 18.7 Å². The van der Waals surface area contributed by atoms with Crippen LogP contribution in [-0.2, 0) is 35.2 Å². The first-order chi connectivity index (χ1) is 35.0. The Hall–Kier alpha value is -7.76. The minimum absolute atomic E-state index is 0.623. The predicted octanol–water partition coefficient (Wildman–Crippen LogP) is 6.53. The van der Waals surface area contributed by atoms with E-state index in [0.717, 1.165) is 79.4 Å². The van der Waals surface area contributed by atoms with Gasteiger partial charge in [-0.15, -0.1) is 30.6 Å². The highest BCUT2D eigenvalue weighted by Crippen LogP contribution is 2.01. The van der Waals surface area contributed by atoms with Crippen LogP contribution in [0.2, 0.25) is 0 Å². The largest absolute Gasteiger partial charge is 0.426 e. The van der Waals surface area contributed by atoms with Crippen molar-refractivity contribution in [2.24, 2.45) is 35.2 Å². The third-order valence-corrected chi connectivity index (χ3v) is 10.7. The van der Waals surface area contributed by atoms with E-state index in [1.807, 2.05) is 137 Å². The van der Waals surface area contributed by atoms with Gasteiger partial charge in [0.05, 0.1) is 22.8 Å². The molecule has 0 aliphatic carbocycles. The van der Waals surface area contributed by atoms with Crippen LogP contribution in [0.4, 0.5) is 0 Å². The van der Waals surface area contributed by atoms with Crippen molar-refractivity contribution in [1.29, 1.82) is 0 Å². The van der Waals surface area contributed by atoms with E-state index in [1.54, 1.807) is 60.3 Å². The Labute approximate surface area is 446 Å². The average molecular weight is 1080 g/mol. The molecule has 10 heterocycles. The van der Waals surface area contributed by atoms with Crippen molar-refractivity contribution in [3.8, 4) is 0 Å². The summed E-state index contributed by atoms with van der Waals surface area (Å²) in [6.07, 6.45) is 0. The molecule has 0 atom stereocenters. The van der Waals surface area contributed by atoms with Crippen LogP contribution in [0.1, 0.15) is 115 Å². The lowest BCUT2D eigenvalue weighted by atomic mass is 10.4. The Morgan fingerprint density at radius 2 is 0.680 bits per heavy atom. The lowest BCUT2D eigenvalue weighted by Crippen LogP contribution is -1.92. The van der Waals surface area contributed by atoms with Gasteiger partial charge in [0.25, 0.3) is 0 Å². The lowest BCUT2D eigenvalue weighted by Gasteiger charge is -1.90. The van der Waals surface area contributed by atoms with Crippen molar-refractivity contribution in [3.63, 3.8) is 0 Å². The molecule has 0 saturated heterocycles. The summed E-state index contributed by atoms with van der Waals surface area (Å²) < 4.78 is 30.9. The fourth-order valence-electron chi connectivity index (χ4n) is 4.76. The van der Waals surface area contributed by atoms with Gasteiger partial charge in [-0.2, -0.15) is 28.9 Å². The minimum atomic E-state index is 0.623. The van der Waals surface area contributed by atoms with Gasteiger partial charge in [0.1, 0.15) is 56.6 Å². The molecule has 0 saturated carbocycles. The predicted molar refractivity (Wildman–Crippen MR) is 282 cm³/mol. The van der Waals surface area contributed by atoms with E-state index in [2.05, 4.69) is 109 Å². The second kappa shape index (κ2) is 33.1. The molecule has 0 aliphatic heterocycles. The number of nitrogens with zero attached hydrogens (tertiary/aromatic N) is 25. The molecule has 10 rings (SSSR count). The highest BCUT2D eigenvalue weighted by Gasteiger charge is 1.99. The molecular formula is C45H75N25O3S2. The average Bonchev–Trinajstić information content (AvgIpc) is 4.28. The van der Waals surface area contributed by atoms with Gasteiger partial charge >= 0.3 is 0 Å². The second-order valence-corrected chi connectivity index (χ2v) is 18.0. The van der Waals surface area contributed by atoms with Crippen molar-refractivity contribution in [3.05, 3.63) is 115 Å². The summed E-state index contributed by atoms with van der Waals surface area (Å²) in [7, 11) is 9.49. The van der Waals surface area contributed by atoms with Crippen LogP contribution >= 0.6 is 23.1 Å². The van der Waals surface area contributed by atoms with Gasteiger partial charge < -0.3 is 18.0 Å². The van der Waals surface area contributed by atoms with E-state index < -0.39 is 0 Å². The minimum Gasteiger partial charge on any atom is -0.426 e. The Balaban J connectivity index is 0.000000417. The molecule has 0 radical (unpaired) electrons. The second-order valence-electron chi connectivity index (χ2n) is 16.1. The molecule has 28 nitrogen and oxygen atoms in total. The smallest absolute Gasteiger partial charge is 0.223 e. The SMILES string of the molecule is Cc1nc(C)n(C)n1.Cc1nc(C)n(C)n1.Cc1nnc(C)n1C.Cc1nnc(C)o1.Cc1nnn(C)c1C.Cc1nnn(C)c1C.Cc1noc(C)n1.Cc1noc(C)n1.Cc1nsc(C)n1.Cc1nsc(C)n1. The number of aromatic nitrogens is 25. The van der Waals surface area contributed by atoms with Crippen molar-refractivity contribution < 1.29 is 13.5 Å². The third-order valence-electron chi connectivity index (χ3n) is 9.30. The molecule has 75 heavy (non-hydrogen) atoms. The molecular weight excluding hydrogens is 1000 g/mol. The Morgan fingerprint density at radius 3 is 0.760 bits per heavy atom. The van der Waals surface area contributed by atoms with Crippen LogP contribution in [0.5, 0.6) is 0 Å². The van der Waals surface area contributed by atoms with Crippen molar-refractivity contribution in [2.75, 3.05) is 0 Å². The van der Waals surface area contributed by atoms with Crippen LogP contribution in [0.15, 0.2) is 13.5 Å². The lowest BCUT2D eigenvalue weighted by molar-refractivity contribution is 0.389. The van der Waals surface area contributed by atoms with E-state index in [9.17, 15) is 0 Å². The third kappa shape index (κ3) is 27.2.